The number of Topliss-reactive ketones (excluding diaryl/α,β-unsaturated/α-hetero) is 1. The Morgan fingerprint density at radius 1 is 1.33 bits per heavy atom. The third kappa shape index (κ3) is 3.82. The highest BCUT2D eigenvalue weighted by atomic mass is 16.5. The SMILES string of the molecule is CCOC(=O)C(C)(C)C(=O)CN(C)c1ccccc1C#N. The number of rotatable bonds is 6. The molecule has 0 unspecified atom stereocenters. The maximum Gasteiger partial charge on any atom is 0.319 e. The lowest BCUT2D eigenvalue weighted by Gasteiger charge is -2.26. The number of hydrogen-bond donors (Lipinski definition) is 0. The molecule has 0 fully saturated rings. The van der Waals surface area contributed by atoms with Crippen LogP contribution in [0.5, 0.6) is 0 Å². The van der Waals surface area contributed by atoms with E-state index in [0.29, 0.717) is 11.3 Å². The molecule has 0 saturated heterocycles. The lowest BCUT2D eigenvalue weighted by atomic mass is 9.87. The fourth-order valence-corrected chi connectivity index (χ4v) is 1.82. The second-order valence-electron chi connectivity index (χ2n) is 5.25. The number of ether oxygens (including phenoxy) is 1. The van der Waals surface area contributed by atoms with Gasteiger partial charge in [-0.25, -0.2) is 0 Å². The molecule has 5 heteroatoms. The summed E-state index contributed by atoms with van der Waals surface area (Å²) in [6.45, 7) is 5.08. The van der Waals surface area contributed by atoms with E-state index in [0.717, 1.165) is 0 Å². The molecule has 1 aromatic rings. The number of esters is 1. The van der Waals surface area contributed by atoms with Gasteiger partial charge < -0.3 is 9.64 Å². The van der Waals surface area contributed by atoms with Crippen molar-refractivity contribution < 1.29 is 14.3 Å². The highest BCUT2D eigenvalue weighted by Crippen LogP contribution is 2.23. The Balaban J connectivity index is 2.88. The average Bonchev–Trinajstić information content (AvgIpc) is 2.47. The Morgan fingerprint density at radius 2 is 1.95 bits per heavy atom. The van der Waals surface area contributed by atoms with E-state index < -0.39 is 11.4 Å². The molecule has 21 heavy (non-hydrogen) atoms. The summed E-state index contributed by atoms with van der Waals surface area (Å²) >= 11 is 0. The van der Waals surface area contributed by atoms with Gasteiger partial charge in [0.05, 0.1) is 24.4 Å². The van der Waals surface area contributed by atoms with Crippen molar-refractivity contribution >= 4 is 17.4 Å². The van der Waals surface area contributed by atoms with Gasteiger partial charge in [0.1, 0.15) is 11.5 Å². The van der Waals surface area contributed by atoms with Crippen LogP contribution >= 0.6 is 0 Å². The van der Waals surface area contributed by atoms with Crippen LogP contribution in [0, 0.1) is 16.7 Å². The van der Waals surface area contributed by atoms with Crippen LogP contribution in [0.1, 0.15) is 26.3 Å². The Morgan fingerprint density at radius 3 is 2.52 bits per heavy atom. The van der Waals surface area contributed by atoms with E-state index in [4.69, 9.17) is 10.00 Å². The minimum absolute atomic E-state index is 0.0322. The van der Waals surface area contributed by atoms with E-state index >= 15 is 0 Å². The number of ketones is 1. The zero-order chi connectivity index (χ0) is 16.0. The molecule has 0 amide bonds. The Labute approximate surface area is 125 Å². The number of carbonyl (C=O) groups excluding carboxylic acids is 2. The second kappa shape index (κ2) is 6.89. The van der Waals surface area contributed by atoms with Crippen LogP contribution in [0.2, 0.25) is 0 Å². The summed E-state index contributed by atoms with van der Waals surface area (Å²) in [7, 11) is 1.72. The minimum Gasteiger partial charge on any atom is -0.465 e. The molecule has 0 heterocycles. The largest absolute Gasteiger partial charge is 0.465 e. The molecule has 1 rings (SSSR count). The fourth-order valence-electron chi connectivity index (χ4n) is 1.82. The number of nitrogens with zero attached hydrogens (tertiary/aromatic N) is 2. The van der Waals surface area contributed by atoms with E-state index in [2.05, 4.69) is 6.07 Å². The number of carbonyl (C=O) groups is 2. The quantitative estimate of drug-likeness (QED) is 0.592. The van der Waals surface area contributed by atoms with E-state index in [1.165, 1.54) is 0 Å². The maximum atomic E-state index is 12.3. The summed E-state index contributed by atoms with van der Waals surface area (Å²) in [5.74, 6) is -0.784. The molecule has 0 aliphatic rings. The lowest BCUT2D eigenvalue weighted by molar-refractivity contribution is -0.157. The van der Waals surface area contributed by atoms with Gasteiger partial charge in [0.15, 0.2) is 5.78 Å². The van der Waals surface area contributed by atoms with Crippen molar-refractivity contribution in [3.05, 3.63) is 29.8 Å². The van der Waals surface area contributed by atoms with Crippen molar-refractivity contribution in [1.29, 1.82) is 5.26 Å². The summed E-state index contributed by atoms with van der Waals surface area (Å²) < 4.78 is 4.93. The molecule has 0 aliphatic carbocycles. The Kier molecular flexibility index (Phi) is 5.48. The molecule has 0 atom stereocenters. The molecule has 0 spiro atoms. The maximum absolute atomic E-state index is 12.3. The molecule has 0 aromatic heterocycles. The van der Waals surface area contributed by atoms with Crippen molar-refractivity contribution in [3.8, 4) is 6.07 Å². The van der Waals surface area contributed by atoms with Gasteiger partial charge in [0.2, 0.25) is 0 Å². The minimum atomic E-state index is -1.20. The molecule has 0 saturated carbocycles. The highest BCUT2D eigenvalue weighted by molar-refractivity contribution is 6.04. The summed E-state index contributed by atoms with van der Waals surface area (Å²) in [5, 5.41) is 9.08. The molecule has 0 radical (unpaired) electrons. The molecule has 1 aromatic carbocycles. The third-order valence-electron chi connectivity index (χ3n) is 3.30. The number of nitriles is 1. The second-order valence-corrected chi connectivity index (χ2v) is 5.25. The third-order valence-corrected chi connectivity index (χ3v) is 3.30. The summed E-state index contributed by atoms with van der Waals surface area (Å²) in [5.41, 5.74) is -0.0546. The lowest BCUT2D eigenvalue weighted by Crippen LogP contribution is -2.41. The van der Waals surface area contributed by atoms with Crippen LogP contribution in [0.3, 0.4) is 0 Å². The summed E-state index contributed by atoms with van der Waals surface area (Å²) in [6.07, 6.45) is 0. The van der Waals surface area contributed by atoms with Crippen molar-refractivity contribution in [2.45, 2.75) is 20.8 Å². The molecule has 0 N–H and O–H groups in total. The molecular weight excluding hydrogens is 268 g/mol. The van der Waals surface area contributed by atoms with Gasteiger partial charge in [-0.3, -0.25) is 9.59 Å². The summed E-state index contributed by atoms with van der Waals surface area (Å²) in [6, 6.07) is 9.10. The first-order valence-corrected chi connectivity index (χ1v) is 6.75. The zero-order valence-corrected chi connectivity index (χ0v) is 12.8. The highest BCUT2D eigenvalue weighted by Gasteiger charge is 2.37. The van der Waals surface area contributed by atoms with E-state index in [1.54, 1.807) is 57.0 Å². The van der Waals surface area contributed by atoms with Crippen LogP contribution in [-0.2, 0) is 14.3 Å². The van der Waals surface area contributed by atoms with Gasteiger partial charge in [-0.05, 0) is 32.9 Å². The number of hydrogen-bond acceptors (Lipinski definition) is 5. The van der Waals surface area contributed by atoms with Crippen molar-refractivity contribution in [3.63, 3.8) is 0 Å². The molecule has 5 nitrogen and oxygen atoms in total. The average molecular weight is 288 g/mol. The zero-order valence-electron chi connectivity index (χ0n) is 12.8. The van der Waals surface area contributed by atoms with Gasteiger partial charge in [-0.1, -0.05) is 12.1 Å². The summed E-state index contributed by atoms with van der Waals surface area (Å²) in [4.78, 5) is 25.8. The van der Waals surface area contributed by atoms with Gasteiger partial charge in [-0.2, -0.15) is 5.26 Å². The van der Waals surface area contributed by atoms with Crippen LogP contribution in [-0.4, -0.2) is 32.0 Å². The van der Waals surface area contributed by atoms with E-state index in [-0.39, 0.29) is 18.9 Å². The van der Waals surface area contributed by atoms with E-state index in [9.17, 15) is 9.59 Å². The Hall–Kier alpha value is -2.35. The van der Waals surface area contributed by atoms with Gasteiger partial charge >= 0.3 is 5.97 Å². The number of likely N-dealkylation sites (N-methyl/N-ethyl adjacent to an activating group) is 1. The first kappa shape index (κ1) is 16.7. The fraction of sp³-hybridized carbons (Fsp3) is 0.438. The topological polar surface area (TPSA) is 70.4 Å². The molecular formula is C16H20N2O3. The van der Waals surface area contributed by atoms with Gasteiger partial charge in [-0.15, -0.1) is 0 Å². The van der Waals surface area contributed by atoms with Crippen molar-refractivity contribution in [2.75, 3.05) is 25.1 Å². The van der Waals surface area contributed by atoms with Crippen molar-refractivity contribution in [2.24, 2.45) is 5.41 Å². The van der Waals surface area contributed by atoms with E-state index in [1.807, 2.05) is 0 Å². The molecule has 0 aliphatic heterocycles. The van der Waals surface area contributed by atoms with Crippen LogP contribution in [0.25, 0.3) is 0 Å². The molecule has 0 bridgehead atoms. The first-order valence-electron chi connectivity index (χ1n) is 6.75. The standard InChI is InChI=1S/C16H20N2O3/c1-5-21-15(20)16(2,3)14(19)11-18(4)13-9-7-6-8-12(13)10-17/h6-9H,5,11H2,1-4H3. The van der Waals surface area contributed by atoms with Gasteiger partial charge in [0.25, 0.3) is 0 Å². The van der Waals surface area contributed by atoms with Gasteiger partial charge in [0, 0.05) is 7.05 Å². The van der Waals surface area contributed by atoms with Crippen LogP contribution in [0.4, 0.5) is 5.69 Å². The Bertz CT molecular complexity index is 573. The monoisotopic (exact) mass is 288 g/mol. The number of benzene rings is 1. The van der Waals surface area contributed by atoms with Crippen LogP contribution in [0.15, 0.2) is 24.3 Å². The molecule has 112 valence electrons. The number of anilines is 1. The number of para-hydroxylation sites is 1. The smallest absolute Gasteiger partial charge is 0.319 e. The first-order chi connectivity index (χ1) is 9.84. The van der Waals surface area contributed by atoms with Crippen LogP contribution < -0.4 is 4.90 Å². The normalized spacial score (nSPS) is 10.6. The van der Waals surface area contributed by atoms with Crippen molar-refractivity contribution in [1.82, 2.24) is 0 Å². The predicted octanol–water partition coefficient (Wildman–Crippen LogP) is 2.15. The predicted molar refractivity (Wildman–Crippen MR) is 79.8 cm³/mol.